The molecule has 0 aliphatic carbocycles. The van der Waals surface area contributed by atoms with Crippen LogP contribution in [-0.2, 0) is 13.0 Å². The van der Waals surface area contributed by atoms with Crippen molar-refractivity contribution in [3.05, 3.63) is 71.0 Å². The van der Waals surface area contributed by atoms with Gasteiger partial charge in [0.15, 0.2) is 5.96 Å². The summed E-state index contributed by atoms with van der Waals surface area (Å²) in [7, 11) is 0. The Morgan fingerprint density at radius 2 is 1.88 bits per heavy atom. The fraction of sp³-hybridized carbons (Fsp3) is 0.263. The highest BCUT2D eigenvalue weighted by Gasteiger charge is 2.02. The third-order valence-corrected chi connectivity index (χ3v) is 3.49. The molecule has 124 valence electrons. The van der Waals surface area contributed by atoms with Crippen molar-refractivity contribution in [1.82, 2.24) is 10.6 Å². The van der Waals surface area contributed by atoms with Crippen LogP contribution in [0.25, 0.3) is 0 Å². The lowest BCUT2D eigenvalue weighted by atomic mass is 10.1. The quantitative estimate of drug-likeness (QED) is 0.634. The number of hydrogen-bond donors (Lipinski definition) is 2. The normalized spacial score (nSPS) is 11.0. The van der Waals surface area contributed by atoms with E-state index in [9.17, 15) is 4.39 Å². The van der Waals surface area contributed by atoms with Crippen LogP contribution < -0.4 is 10.6 Å². The monoisotopic (exact) mass is 324 g/mol. The Hall–Kier alpha value is -2.87. The highest BCUT2D eigenvalue weighted by Crippen LogP contribution is 2.06. The standard InChI is InChI=1S/C19H21FN4/c1-2-22-19(23-12-11-17-5-3-4-6-18(17)20)24-14-16-9-7-15(13-21)8-10-16/h3-10H,2,11-12,14H2,1H3,(H2,22,23,24). The molecule has 5 heteroatoms. The van der Waals surface area contributed by atoms with Gasteiger partial charge in [0.25, 0.3) is 0 Å². The highest BCUT2D eigenvalue weighted by atomic mass is 19.1. The van der Waals surface area contributed by atoms with Crippen LogP contribution in [0.15, 0.2) is 53.5 Å². The molecule has 0 amide bonds. The van der Waals surface area contributed by atoms with Gasteiger partial charge in [-0.15, -0.1) is 0 Å². The maximum Gasteiger partial charge on any atom is 0.191 e. The number of nitriles is 1. The van der Waals surface area contributed by atoms with Gasteiger partial charge in [0, 0.05) is 13.1 Å². The lowest BCUT2D eigenvalue weighted by Gasteiger charge is -2.11. The fourth-order valence-electron chi connectivity index (χ4n) is 2.21. The van der Waals surface area contributed by atoms with Crippen LogP contribution in [0.3, 0.4) is 0 Å². The predicted molar refractivity (Wildman–Crippen MR) is 94.1 cm³/mol. The average Bonchev–Trinajstić information content (AvgIpc) is 2.61. The second kappa shape index (κ2) is 9.31. The molecule has 0 spiro atoms. The maximum atomic E-state index is 13.6. The van der Waals surface area contributed by atoms with Gasteiger partial charge in [-0.05, 0) is 42.7 Å². The topological polar surface area (TPSA) is 60.2 Å². The predicted octanol–water partition coefficient (Wildman–Crippen LogP) is 3.00. The minimum absolute atomic E-state index is 0.182. The first-order valence-corrected chi connectivity index (χ1v) is 7.97. The van der Waals surface area contributed by atoms with Gasteiger partial charge >= 0.3 is 0 Å². The van der Waals surface area contributed by atoms with Gasteiger partial charge in [-0.1, -0.05) is 30.3 Å². The Morgan fingerprint density at radius 1 is 1.12 bits per heavy atom. The number of nitrogens with zero attached hydrogens (tertiary/aromatic N) is 2. The van der Waals surface area contributed by atoms with Crippen LogP contribution in [0.2, 0.25) is 0 Å². The van der Waals surface area contributed by atoms with E-state index >= 15 is 0 Å². The van der Waals surface area contributed by atoms with E-state index in [4.69, 9.17) is 5.26 Å². The minimum Gasteiger partial charge on any atom is -0.357 e. The van der Waals surface area contributed by atoms with Crippen molar-refractivity contribution in [2.75, 3.05) is 13.1 Å². The molecule has 2 aromatic carbocycles. The van der Waals surface area contributed by atoms with Gasteiger partial charge in [0.1, 0.15) is 5.82 Å². The van der Waals surface area contributed by atoms with Gasteiger partial charge in [0.2, 0.25) is 0 Å². The molecule has 4 nitrogen and oxygen atoms in total. The summed E-state index contributed by atoms with van der Waals surface area (Å²) in [6, 6.07) is 16.2. The van der Waals surface area contributed by atoms with Gasteiger partial charge < -0.3 is 10.6 Å². The minimum atomic E-state index is -0.182. The molecule has 0 radical (unpaired) electrons. The molecule has 0 unspecified atom stereocenters. The number of nitrogens with one attached hydrogen (secondary N) is 2. The summed E-state index contributed by atoms with van der Waals surface area (Å²) in [5, 5.41) is 15.2. The molecule has 0 aliphatic heterocycles. The molecule has 0 aliphatic rings. The molecule has 24 heavy (non-hydrogen) atoms. The van der Waals surface area contributed by atoms with E-state index in [1.165, 1.54) is 6.07 Å². The summed E-state index contributed by atoms with van der Waals surface area (Å²) in [6.07, 6.45) is 0.591. The van der Waals surface area contributed by atoms with Gasteiger partial charge in [-0.3, -0.25) is 0 Å². The molecule has 0 fully saturated rings. The van der Waals surface area contributed by atoms with E-state index in [2.05, 4.69) is 21.7 Å². The average molecular weight is 324 g/mol. The molecule has 2 aromatic rings. The van der Waals surface area contributed by atoms with Crippen molar-refractivity contribution >= 4 is 5.96 Å². The van der Waals surface area contributed by atoms with E-state index in [0.717, 1.165) is 12.1 Å². The van der Waals surface area contributed by atoms with Crippen LogP contribution in [-0.4, -0.2) is 19.0 Å². The van der Waals surface area contributed by atoms with Crippen LogP contribution in [0.4, 0.5) is 4.39 Å². The zero-order chi connectivity index (χ0) is 17.2. The van der Waals surface area contributed by atoms with E-state index < -0.39 is 0 Å². The van der Waals surface area contributed by atoms with Crippen LogP contribution >= 0.6 is 0 Å². The number of guanidine groups is 1. The van der Waals surface area contributed by atoms with Gasteiger partial charge in [-0.2, -0.15) is 5.26 Å². The second-order valence-corrected chi connectivity index (χ2v) is 5.27. The van der Waals surface area contributed by atoms with Crippen molar-refractivity contribution < 1.29 is 4.39 Å². The third kappa shape index (κ3) is 5.40. The Morgan fingerprint density at radius 3 is 2.54 bits per heavy atom. The zero-order valence-corrected chi connectivity index (χ0v) is 13.7. The van der Waals surface area contributed by atoms with Crippen LogP contribution in [0, 0.1) is 17.1 Å². The molecule has 0 saturated heterocycles. The number of rotatable bonds is 6. The zero-order valence-electron chi connectivity index (χ0n) is 13.7. The number of hydrogen-bond acceptors (Lipinski definition) is 2. The van der Waals surface area contributed by atoms with Gasteiger partial charge in [0.05, 0.1) is 18.2 Å². The maximum absolute atomic E-state index is 13.6. The second-order valence-electron chi connectivity index (χ2n) is 5.27. The summed E-state index contributed by atoms with van der Waals surface area (Å²) in [5.41, 5.74) is 2.35. The molecule has 0 heterocycles. The molecular formula is C19H21FN4. The Labute approximate surface area is 142 Å². The Bertz CT molecular complexity index is 717. The molecule has 2 rings (SSSR count). The summed E-state index contributed by atoms with van der Waals surface area (Å²) in [6.45, 7) is 3.86. The lowest BCUT2D eigenvalue weighted by Crippen LogP contribution is -2.38. The number of halogens is 1. The van der Waals surface area contributed by atoms with E-state index in [1.807, 2.05) is 25.1 Å². The summed E-state index contributed by atoms with van der Waals surface area (Å²) >= 11 is 0. The number of benzene rings is 2. The van der Waals surface area contributed by atoms with E-state index in [1.54, 1.807) is 24.3 Å². The molecule has 0 aromatic heterocycles. The first kappa shape index (κ1) is 17.5. The Balaban J connectivity index is 1.90. The Kier molecular flexibility index (Phi) is 6.78. The summed E-state index contributed by atoms with van der Waals surface area (Å²) in [5.74, 6) is 0.511. The molecule has 0 atom stereocenters. The summed E-state index contributed by atoms with van der Waals surface area (Å²) in [4.78, 5) is 4.51. The fourth-order valence-corrected chi connectivity index (χ4v) is 2.21. The van der Waals surface area contributed by atoms with Crippen LogP contribution in [0.5, 0.6) is 0 Å². The first-order chi connectivity index (χ1) is 11.7. The molecular weight excluding hydrogens is 303 g/mol. The lowest BCUT2D eigenvalue weighted by molar-refractivity contribution is 0.606. The van der Waals surface area contributed by atoms with Crippen molar-refractivity contribution in [3.63, 3.8) is 0 Å². The van der Waals surface area contributed by atoms with E-state index in [-0.39, 0.29) is 5.82 Å². The largest absolute Gasteiger partial charge is 0.357 e. The summed E-state index contributed by atoms with van der Waals surface area (Å²) < 4.78 is 13.6. The third-order valence-electron chi connectivity index (χ3n) is 3.49. The SMILES string of the molecule is CCNC(=NCc1ccc(C#N)cc1)NCCc1ccccc1F. The molecule has 0 bridgehead atoms. The molecule has 2 N–H and O–H groups in total. The van der Waals surface area contributed by atoms with Crippen molar-refractivity contribution in [1.29, 1.82) is 5.26 Å². The van der Waals surface area contributed by atoms with Crippen molar-refractivity contribution in [2.24, 2.45) is 4.99 Å². The van der Waals surface area contributed by atoms with E-state index in [0.29, 0.717) is 36.6 Å². The molecule has 0 saturated carbocycles. The van der Waals surface area contributed by atoms with Crippen LogP contribution in [0.1, 0.15) is 23.6 Å². The smallest absolute Gasteiger partial charge is 0.191 e. The highest BCUT2D eigenvalue weighted by molar-refractivity contribution is 5.79. The number of aliphatic imine (C=N–C) groups is 1. The van der Waals surface area contributed by atoms with Crippen molar-refractivity contribution in [3.8, 4) is 6.07 Å². The van der Waals surface area contributed by atoms with Gasteiger partial charge in [-0.25, -0.2) is 9.38 Å². The van der Waals surface area contributed by atoms with Crippen molar-refractivity contribution in [2.45, 2.75) is 19.9 Å². The first-order valence-electron chi connectivity index (χ1n) is 7.97.